The first-order chi connectivity index (χ1) is 11.0. The molecule has 0 atom stereocenters. The van der Waals surface area contributed by atoms with Gasteiger partial charge in [0.2, 0.25) is 10.0 Å². The van der Waals surface area contributed by atoms with E-state index in [9.17, 15) is 18.3 Å². The number of thioether (sulfide) groups is 1. The Balaban J connectivity index is 2.09. The van der Waals surface area contributed by atoms with Crippen LogP contribution in [0.25, 0.3) is 5.69 Å². The van der Waals surface area contributed by atoms with Gasteiger partial charge in [0.15, 0.2) is 0 Å². The second-order valence-electron chi connectivity index (χ2n) is 4.88. The number of carboxylic acids is 1. The molecule has 3 rings (SSSR count). The average Bonchev–Trinajstić information content (AvgIpc) is 3.09. The number of sulfonamides is 1. The molecule has 0 radical (unpaired) electrons. The Kier molecular flexibility index (Phi) is 4.37. The zero-order valence-corrected chi connectivity index (χ0v) is 13.6. The summed E-state index contributed by atoms with van der Waals surface area (Å²) in [5.74, 6) is 0.263. The van der Waals surface area contributed by atoms with Crippen LogP contribution in [-0.2, 0) is 10.0 Å². The lowest BCUT2D eigenvalue weighted by Gasteiger charge is -2.25. The van der Waals surface area contributed by atoms with Gasteiger partial charge in [-0.25, -0.2) is 17.9 Å². The van der Waals surface area contributed by atoms with E-state index in [1.807, 2.05) is 0 Å². The van der Waals surface area contributed by atoms with Gasteiger partial charge in [-0.15, -0.1) is 5.10 Å². The molecule has 0 saturated carbocycles. The Labute approximate surface area is 137 Å². The minimum Gasteiger partial charge on any atom is -0.478 e. The van der Waals surface area contributed by atoms with Crippen LogP contribution in [0.15, 0.2) is 35.5 Å². The number of carbonyl (C=O) groups is 1. The fourth-order valence-electron chi connectivity index (χ4n) is 2.27. The van der Waals surface area contributed by atoms with E-state index in [0.717, 1.165) is 11.5 Å². The summed E-state index contributed by atoms with van der Waals surface area (Å²) in [5, 5.41) is 16.7. The molecule has 1 aromatic heterocycles. The summed E-state index contributed by atoms with van der Waals surface area (Å²) in [6.45, 7) is 0.839. The number of rotatable bonds is 4. The Morgan fingerprint density at radius 3 is 2.57 bits per heavy atom. The topological polar surface area (TPSA) is 105 Å². The first-order valence-electron chi connectivity index (χ1n) is 6.81. The largest absolute Gasteiger partial charge is 0.478 e. The van der Waals surface area contributed by atoms with Gasteiger partial charge in [0.25, 0.3) is 0 Å². The first-order valence-corrected chi connectivity index (χ1v) is 9.41. The molecule has 0 aliphatic carbocycles. The van der Waals surface area contributed by atoms with Crippen LogP contribution < -0.4 is 0 Å². The lowest BCUT2D eigenvalue weighted by molar-refractivity contribution is 0.0696. The van der Waals surface area contributed by atoms with Crippen molar-refractivity contribution in [3.05, 3.63) is 36.2 Å². The standard InChI is InChI=1S/C13H14N4O4S2/c18-13(19)10-7-11(17-2-1-14-15-17)9-12(8-10)23(20,21)16-3-5-22-6-4-16/h1-2,7-9H,3-6H2,(H,18,19). The van der Waals surface area contributed by atoms with E-state index in [2.05, 4.69) is 10.3 Å². The number of carboxylic acid groups (broad SMARTS) is 1. The number of benzene rings is 1. The molecular formula is C13H14N4O4S2. The Morgan fingerprint density at radius 1 is 1.22 bits per heavy atom. The van der Waals surface area contributed by atoms with E-state index < -0.39 is 16.0 Å². The molecule has 23 heavy (non-hydrogen) atoms. The number of aromatic nitrogens is 3. The second-order valence-corrected chi connectivity index (χ2v) is 8.05. The zero-order chi connectivity index (χ0) is 16.4. The third kappa shape index (κ3) is 3.23. The Bertz CT molecular complexity index is 815. The minimum atomic E-state index is -3.74. The molecular weight excluding hydrogens is 340 g/mol. The van der Waals surface area contributed by atoms with E-state index in [-0.39, 0.29) is 10.5 Å². The summed E-state index contributed by atoms with van der Waals surface area (Å²) in [6, 6.07) is 3.96. The third-order valence-corrected chi connectivity index (χ3v) is 6.25. The first kappa shape index (κ1) is 16.0. The number of aromatic carboxylic acids is 1. The van der Waals surface area contributed by atoms with Gasteiger partial charge in [-0.3, -0.25) is 0 Å². The van der Waals surface area contributed by atoms with Gasteiger partial charge in [-0.05, 0) is 18.2 Å². The van der Waals surface area contributed by atoms with Crippen LogP contribution in [0.1, 0.15) is 10.4 Å². The summed E-state index contributed by atoms with van der Waals surface area (Å²) < 4.78 is 28.2. The zero-order valence-electron chi connectivity index (χ0n) is 12.0. The quantitative estimate of drug-likeness (QED) is 0.861. The number of nitrogens with zero attached hydrogens (tertiary/aromatic N) is 4. The van der Waals surface area contributed by atoms with Crippen molar-refractivity contribution in [3.63, 3.8) is 0 Å². The summed E-state index contributed by atoms with van der Waals surface area (Å²) in [7, 11) is -3.74. The molecule has 10 heteroatoms. The van der Waals surface area contributed by atoms with Gasteiger partial charge < -0.3 is 5.11 Å². The lowest BCUT2D eigenvalue weighted by atomic mass is 10.2. The molecule has 1 fully saturated rings. The summed E-state index contributed by atoms with van der Waals surface area (Å²) in [4.78, 5) is 11.3. The van der Waals surface area contributed by atoms with Crippen molar-refractivity contribution in [2.45, 2.75) is 4.90 Å². The number of hydrogen-bond acceptors (Lipinski definition) is 6. The van der Waals surface area contributed by atoms with Crippen LogP contribution in [0.3, 0.4) is 0 Å². The van der Waals surface area contributed by atoms with Crippen molar-refractivity contribution in [3.8, 4) is 5.69 Å². The van der Waals surface area contributed by atoms with E-state index in [4.69, 9.17) is 0 Å². The highest BCUT2D eigenvalue weighted by atomic mass is 32.2. The molecule has 1 aliphatic heterocycles. The van der Waals surface area contributed by atoms with Crippen molar-refractivity contribution in [2.24, 2.45) is 0 Å². The molecule has 122 valence electrons. The molecule has 2 aromatic rings. The lowest BCUT2D eigenvalue weighted by Crippen LogP contribution is -2.38. The third-order valence-electron chi connectivity index (χ3n) is 3.43. The normalized spacial score (nSPS) is 16.3. The maximum atomic E-state index is 12.8. The molecule has 0 amide bonds. The molecule has 1 N–H and O–H groups in total. The van der Waals surface area contributed by atoms with Gasteiger partial charge in [-0.1, -0.05) is 5.21 Å². The van der Waals surface area contributed by atoms with Gasteiger partial charge in [0.05, 0.1) is 28.5 Å². The van der Waals surface area contributed by atoms with Crippen molar-refractivity contribution >= 4 is 27.8 Å². The maximum Gasteiger partial charge on any atom is 0.335 e. The van der Waals surface area contributed by atoms with Gasteiger partial charge in [-0.2, -0.15) is 16.1 Å². The molecule has 1 aromatic carbocycles. The highest BCUT2D eigenvalue weighted by Gasteiger charge is 2.27. The van der Waals surface area contributed by atoms with E-state index in [1.165, 1.54) is 39.6 Å². The van der Waals surface area contributed by atoms with Crippen LogP contribution in [0.4, 0.5) is 0 Å². The van der Waals surface area contributed by atoms with Crippen LogP contribution >= 0.6 is 11.8 Å². The van der Waals surface area contributed by atoms with Crippen molar-refractivity contribution < 1.29 is 18.3 Å². The second kappa shape index (κ2) is 6.30. The van der Waals surface area contributed by atoms with E-state index in [0.29, 0.717) is 18.8 Å². The molecule has 8 nitrogen and oxygen atoms in total. The summed E-state index contributed by atoms with van der Waals surface area (Å²) >= 11 is 1.70. The van der Waals surface area contributed by atoms with Crippen molar-refractivity contribution in [1.82, 2.24) is 19.3 Å². The summed E-state index contributed by atoms with van der Waals surface area (Å²) in [5.41, 5.74) is 0.232. The molecule has 2 heterocycles. The Hall–Kier alpha value is -1.91. The van der Waals surface area contributed by atoms with Crippen molar-refractivity contribution in [1.29, 1.82) is 0 Å². The van der Waals surface area contributed by atoms with Gasteiger partial charge >= 0.3 is 5.97 Å². The fraction of sp³-hybridized carbons (Fsp3) is 0.308. The van der Waals surface area contributed by atoms with Gasteiger partial charge in [0.1, 0.15) is 0 Å². The highest BCUT2D eigenvalue weighted by Crippen LogP contribution is 2.23. The van der Waals surface area contributed by atoms with E-state index >= 15 is 0 Å². The van der Waals surface area contributed by atoms with Crippen LogP contribution in [0.2, 0.25) is 0 Å². The predicted molar refractivity (Wildman–Crippen MR) is 84.4 cm³/mol. The molecule has 1 saturated heterocycles. The van der Waals surface area contributed by atoms with E-state index in [1.54, 1.807) is 11.8 Å². The monoisotopic (exact) mass is 354 g/mol. The molecule has 1 aliphatic rings. The van der Waals surface area contributed by atoms with Gasteiger partial charge in [0, 0.05) is 24.6 Å². The molecule has 0 spiro atoms. The SMILES string of the molecule is O=C(O)c1cc(-n2ccnn2)cc(S(=O)(=O)N2CCSCC2)c1. The maximum absolute atomic E-state index is 12.8. The predicted octanol–water partition coefficient (Wildman–Crippen LogP) is 0.703. The van der Waals surface area contributed by atoms with Crippen LogP contribution in [0, 0.1) is 0 Å². The molecule has 0 bridgehead atoms. The van der Waals surface area contributed by atoms with Crippen molar-refractivity contribution in [2.75, 3.05) is 24.6 Å². The van der Waals surface area contributed by atoms with Crippen LogP contribution in [0.5, 0.6) is 0 Å². The Morgan fingerprint density at radius 2 is 1.96 bits per heavy atom. The number of hydrogen-bond donors (Lipinski definition) is 1. The average molecular weight is 354 g/mol. The minimum absolute atomic E-state index is 0.0465. The molecule has 0 unspecified atom stereocenters. The van der Waals surface area contributed by atoms with Crippen LogP contribution in [-0.4, -0.2) is 63.4 Å². The highest BCUT2D eigenvalue weighted by molar-refractivity contribution is 7.99. The summed E-state index contributed by atoms with van der Waals surface area (Å²) in [6.07, 6.45) is 2.96. The fourth-order valence-corrected chi connectivity index (χ4v) is 4.91. The smallest absolute Gasteiger partial charge is 0.335 e.